The first-order valence-electron chi connectivity index (χ1n) is 18.3. The molecule has 0 aromatic carbocycles. The average Bonchev–Trinajstić information content (AvgIpc) is 2.96. The molecule has 4 fully saturated rings. The lowest BCUT2D eigenvalue weighted by atomic mass is 9.34. The minimum Gasteiger partial charge on any atom is -0.481 e. The van der Waals surface area contributed by atoms with Crippen molar-refractivity contribution in [3.63, 3.8) is 0 Å². The number of carboxylic acids is 1. The van der Waals surface area contributed by atoms with Crippen molar-refractivity contribution in [3.8, 4) is 0 Å². The van der Waals surface area contributed by atoms with Gasteiger partial charge < -0.3 is 24.6 Å². The highest BCUT2D eigenvalue weighted by atomic mass is 16.5. The second-order valence-electron chi connectivity index (χ2n) is 18.2. The number of rotatable bonds is 10. The molecule has 0 spiro atoms. The highest BCUT2D eigenvalue weighted by molar-refractivity contribution is 5.73. The zero-order valence-corrected chi connectivity index (χ0v) is 30.8. The summed E-state index contributed by atoms with van der Waals surface area (Å²) in [7, 11) is 1.87. The fraction of sp³-hybridized carbons (Fsp3) is 0.923. The fourth-order valence-corrected chi connectivity index (χ4v) is 12.2. The largest absolute Gasteiger partial charge is 0.481 e. The Morgan fingerprint density at radius 2 is 1.78 bits per heavy atom. The van der Waals surface area contributed by atoms with E-state index in [1.807, 2.05) is 7.11 Å². The Bertz CT molecular complexity index is 1150. The summed E-state index contributed by atoms with van der Waals surface area (Å²) in [5.41, 5.74) is 0.596. The molecule has 0 amide bonds. The molecule has 6 nitrogen and oxygen atoms in total. The lowest BCUT2D eigenvalue weighted by Gasteiger charge is -2.71. The van der Waals surface area contributed by atoms with Crippen molar-refractivity contribution in [1.29, 1.82) is 0 Å². The SMILES string of the molecule is CCN[C@@](C)(CO[C@H]1[C@H](OC)C[C@@]23COC[C@]1(C)[C@@H]2CC[C@H]1C3=CC[C@@]2(C)[C@H](C(=O)O)[C@@](C)([C@H](C)C(C)C)CC[C@]12C)C(C)C. The molecule has 1 aliphatic heterocycles. The van der Waals surface area contributed by atoms with E-state index in [0.29, 0.717) is 42.8 Å². The molecule has 0 aromatic heterocycles. The van der Waals surface area contributed by atoms with Gasteiger partial charge in [-0.3, -0.25) is 4.79 Å². The second-order valence-corrected chi connectivity index (χ2v) is 18.2. The summed E-state index contributed by atoms with van der Waals surface area (Å²) in [6, 6.07) is 0. The van der Waals surface area contributed by atoms with E-state index in [9.17, 15) is 9.90 Å². The molecule has 0 radical (unpaired) electrons. The number of carboxylic acid groups (broad SMARTS) is 1. The van der Waals surface area contributed by atoms with Crippen molar-refractivity contribution >= 4 is 5.97 Å². The number of ether oxygens (including phenoxy) is 3. The van der Waals surface area contributed by atoms with Gasteiger partial charge in [0.2, 0.25) is 0 Å². The molecule has 258 valence electrons. The first kappa shape index (κ1) is 35.4. The first-order valence-corrected chi connectivity index (χ1v) is 18.3. The van der Waals surface area contributed by atoms with Crippen molar-refractivity contribution in [2.45, 2.75) is 132 Å². The van der Waals surface area contributed by atoms with Crippen LogP contribution < -0.4 is 5.32 Å². The molecule has 0 aromatic rings. The number of likely N-dealkylation sites (N-methyl/N-ethyl adjacent to an activating group) is 1. The van der Waals surface area contributed by atoms with Gasteiger partial charge in [0, 0.05) is 23.5 Å². The van der Waals surface area contributed by atoms with Crippen LogP contribution in [0.3, 0.4) is 0 Å². The summed E-state index contributed by atoms with van der Waals surface area (Å²) < 4.78 is 20.1. The van der Waals surface area contributed by atoms with Crippen LogP contribution in [0.5, 0.6) is 0 Å². The minimum absolute atomic E-state index is 0.0118. The van der Waals surface area contributed by atoms with Gasteiger partial charge in [0.25, 0.3) is 0 Å². The summed E-state index contributed by atoms with van der Waals surface area (Å²) in [6.45, 7) is 28.3. The quantitative estimate of drug-likeness (QED) is 0.239. The van der Waals surface area contributed by atoms with Gasteiger partial charge >= 0.3 is 5.97 Å². The van der Waals surface area contributed by atoms with Crippen molar-refractivity contribution in [1.82, 2.24) is 5.32 Å². The summed E-state index contributed by atoms with van der Waals surface area (Å²) in [5.74, 6) is 1.08. The van der Waals surface area contributed by atoms with Crippen LogP contribution in [-0.4, -0.2) is 62.3 Å². The number of allylic oxidation sites excluding steroid dienone is 1. The number of fused-ring (bicyclic) bond motifs is 3. The third-order valence-electron chi connectivity index (χ3n) is 15.8. The molecule has 6 heteroatoms. The molecule has 45 heavy (non-hydrogen) atoms. The van der Waals surface area contributed by atoms with Gasteiger partial charge in [-0.15, -0.1) is 0 Å². The highest BCUT2D eigenvalue weighted by Crippen LogP contribution is 2.75. The van der Waals surface area contributed by atoms with Crippen LogP contribution >= 0.6 is 0 Å². The van der Waals surface area contributed by atoms with Crippen LogP contribution in [0.25, 0.3) is 0 Å². The van der Waals surface area contributed by atoms with Crippen LogP contribution in [-0.2, 0) is 19.0 Å². The predicted octanol–water partition coefficient (Wildman–Crippen LogP) is 8.00. The van der Waals surface area contributed by atoms with Crippen LogP contribution in [0.1, 0.15) is 115 Å². The van der Waals surface area contributed by atoms with Gasteiger partial charge in [0.15, 0.2) is 0 Å². The Hall–Kier alpha value is -0.950. The lowest BCUT2D eigenvalue weighted by Crippen LogP contribution is -2.70. The molecule has 5 rings (SSSR count). The van der Waals surface area contributed by atoms with E-state index in [1.54, 1.807) is 5.57 Å². The summed E-state index contributed by atoms with van der Waals surface area (Å²) in [4.78, 5) is 13.4. The first-order chi connectivity index (χ1) is 20.9. The van der Waals surface area contributed by atoms with Gasteiger partial charge in [-0.1, -0.05) is 80.9 Å². The van der Waals surface area contributed by atoms with E-state index in [2.05, 4.69) is 87.6 Å². The number of hydrogen-bond acceptors (Lipinski definition) is 5. The van der Waals surface area contributed by atoms with Gasteiger partial charge in [-0.25, -0.2) is 0 Å². The van der Waals surface area contributed by atoms with Crippen molar-refractivity contribution < 1.29 is 24.1 Å². The predicted molar refractivity (Wildman–Crippen MR) is 181 cm³/mol. The summed E-state index contributed by atoms with van der Waals surface area (Å²) in [6.07, 6.45) is 8.53. The van der Waals surface area contributed by atoms with Gasteiger partial charge in [0.05, 0.1) is 37.9 Å². The molecule has 4 aliphatic carbocycles. The van der Waals surface area contributed by atoms with Crippen molar-refractivity contribution in [2.24, 2.45) is 62.6 Å². The zero-order valence-electron chi connectivity index (χ0n) is 30.8. The Morgan fingerprint density at radius 3 is 2.36 bits per heavy atom. The summed E-state index contributed by atoms with van der Waals surface area (Å²) >= 11 is 0. The second kappa shape index (κ2) is 11.9. The number of nitrogens with one attached hydrogen (secondary N) is 1. The average molecular weight is 630 g/mol. The minimum atomic E-state index is -0.598. The van der Waals surface area contributed by atoms with Gasteiger partial charge in [-0.2, -0.15) is 0 Å². The van der Waals surface area contributed by atoms with Gasteiger partial charge in [-0.05, 0) is 97.8 Å². The number of carbonyl (C=O) groups is 1. The molecule has 2 N–H and O–H groups in total. The van der Waals surface area contributed by atoms with Gasteiger partial charge in [0.1, 0.15) is 0 Å². The molecule has 3 saturated carbocycles. The van der Waals surface area contributed by atoms with E-state index < -0.39 is 5.97 Å². The van der Waals surface area contributed by atoms with E-state index in [0.717, 1.165) is 51.7 Å². The molecule has 5 aliphatic rings. The molecule has 12 atom stereocenters. The van der Waals surface area contributed by atoms with Crippen molar-refractivity contribution in [2.75, 3.05) is 33.5 Å². The normalized spacial score (nSPS) is 46.4. The van der Waals surface area contributed by atoms with Crippen LogP contribution in [0.15, 0.2) is 11.6 Å². The van der Waals surface area contributed by atoms with Crippen LogP contribution in [0.4, 0.5) is 0 Å². The fourth-order valence-electron chi connectivity index (χ4n) is 12.2. The molecule has 2 bridgehead atoms. The van der Waals surface area contributed by atoms with E-state index >= 15 is 0 Å². The monoisotopic (exact) mass is 630 g/mol. The number of methoxy groups -OCH3 is 1. The maximum atomic E-state index is 13.4. The Kier molecular flexibility index (Phi) is 9.33. The maximum Gasteiger partial charge on any atom is 0.307 e. The smallest absolute Gasteiger partial charge is 0.307 e. The molecular formula is C39H67NO5. The Labute approximate surface area is 275 Å². The standard InChI is InChI=1S/C39H67NO5/c1-13-40-38(11,25(4)5)22-45-32-29(43-12)20-39-23-44-21-35(32,8)30(39)15-14-27-28(39)16-17-37(10)31(33(41)42)34(7,26(6)24(2)3)18-19-36(27,37)9/h16,24-27,29-32,40H,13-15,17-23H2,1-12H3,(H,41,42)/t26-,27+,29-,30+,31-,32+,34-,35-,36-,37+,38+,39+/m1/s1. The Balaban J connectivity index is 1.53. The van der Waals surface area contributed by atoms with E-state index in [-0.39, 0.29) is 50.7 Å². The molecule has 1 heterocycles. The lowest BCUT2D eigenvalue weighted by molar-refractivity contribution is -0.270. The topological polar surface area (TPSA) is 77.0 Å². The van der Waals surface area contributed by atoms with E-state index in [4.69, 9.17) is 14.2 Å². The number of hydrogen-bond donors (Lipinski definition) is 2. The maximum absolute atomic E-state index is 13.4. The molecular weight excluding hydrogens is 562 g/mol. The molecule has 0 unspecified atom stereocenters. The molecule has 1 saturated heterocycles. The van der Waals surface area contributed by atoms with E-state index in [1.165, 1.54) is 0 Å². The van der Waals surface area contributed by atoms with Crippen LogP contribution in [0, 0.1) is 62.6 Å². The highest BCUT2D eigenvalue weighted by Gasteiger charge is 2.71. The zero-order chi connectivity index (χ0) is 33.4. The summed E-state index contributed by atoms with van der Waals surface area (Å²) in [5, 5.41) is 14.7. The Morgan fingerprint density at radius 1 is 1.09 bits per heavy atom. The number of aliphatic carboxylic acids is 1. The third-order valence-corrected chi connectivity index (χ3v) is 15.8. The van der Waals surface area contributed by atoms with Crippen LogP contribution in [0.2, 0.25) is 0 Å². The van der Waals surface area contributed by atoms with Crippen molar-refractivity contribution in [3.05, 3.63) is 11.6 Å². The third kappa shape index (κ3) is 4.95.